The molecule has 1 aliphatic heterocycles. The summed E-state index contributed by atoms with van der Waals surface area (Å²) in [5.41, 5.74) is 0. The standard InChI is InChI=1S/C12H23ClN2O2/c1-2-15-7-8-17-11(10-15)9-14-12(16)5-3-4-6-13/h11H,2-10H2,1H3,(H,14,16). The van der Waals surface area contributed by atoms with Gasteiger partial charge in [-0.1, -0.05) is 6.92 Å². The SMILES string of the molecule is CCN1CCOC(CNC(=O)CCCCCl)C1. The van der Waals surface area contributed by atoms with Crippen LogP contribution in [0.5, 0.6) is 0 Å². The van der Waals surface area contributed by atoms with Crippen LogP contribution in [0.2, 0.25) is 0 Å². The highest BCUT2D eigenvalue weighted by Gasteiger charge is 2.19. The number of halogens is 1. The van der Waals surface area contributed by atoms with E-state index in [4.69, 9.17) is 16.3 Å². The first-order chi connectivity index (χ1) is 8.26. The first kappa shape index (κ1) is 14.7. The van der Waals surface area contributed by atoms with Gasteiger partial charge in [0.15, 0.2) is 0 Å². The number of morpholine rings is 1. The molecule has 0 aromatic carbocycles. The van der Waals surface area contributed by atoms with Crippen LogP contribution >= 0.6 is 11.6 Å². The largest absolute Gasteiger partial charge is 0.374 e. The van der Waals surface area contributed by atoms with Crippen molar-refractivity contribution in [3.05, 3.63) is 0 Å². The van der Waals surface area contributed by atoms with Gasteiger partial charge in [0, 0.05) is 31.9 Å². The van der Waals surface area contributed by atoms with Crippen molar-refractivity contribution in [1.29, 1.82) is 0 Å². The molecular formula is C12H23ClN2O2. The molecule has 0 bridgehead atoms. The number of ether oxygens (including phenoxy) is 1. The van der Waals surface area contributed by atoms with Gasteiger partial charge in [0.1, 0.15) is 0 Å². The fourth-order valence-corrected chi connectivity index (χ4v) is 2.08. The van der Waals surface area contributed by atoms with E-state index < -0.39 is 0 Å². The number of nitrogens with one attached hydrogen (secondary N) is 1. The lowest BCUT2D eigenvalue weighted by Gasteiger charge is -2.32. The zero-order chi connectivity index (χ0) is 12.5. The molecule has 0 saturated carbocycles. The molecule has 1 N–H and O–H groups in total. The number of hydrogen-bond donors (Lipinski definition) is 1. The number of hydrogen-bond acceptors (Lipinski definition) is 3. The number of nitrogens with zero attached hydrogens (tertiary/aromatic N) is 1. The minimum Gasteiger partial charge on any atom is -0.374 e. The van der Waals surface area contributed by atoms with Gasteiger partial charge in [0.2, 0.25) is 5.91 Å². The molecule has 1 saturated heterocycles. The van der Waals surface area contributed by atoms with Crippen LogP contribution in [0.25, 0.3) is 0 Å². The average Bonchev–Trinajstić information content (AvgIpc) is 2.37. The van der Waals surface area contributed by atoms with E-state index in [1.807, 2.05) is 0 Å². The Balaban J connectivity index is 2.10. The molecule has 17 heavy (non-hydrogen) atoms. The zero-order valence-corrected chi connectivity index (χ0v) is 11.3. The molecule has 0 spiro atoms. The smallest absolute Gasteiger partial charge is 0.220 e. The van der Waals surface area contributed by atoms with Crippen LogP contribution in [-0.2, 0) is 9.53 Å². The van der Waals surface area contributed by atoms with E-state index in [1.54, 1.807) is 0 Å². The second kappa shape index (κ2) is 8.72. The maximum absolute atomic E-state index is 11.5. The molecule has 0 radical (unpaired) electrons. The van der Waals surface area contributed by atoms with Crippen molar-refractivity contribution in [1.82, 2.24) is 10.2 Å². The summed E-state index contributed by atoms with van der Waals surface area (Å²) in [4.78, 5) is 13.8. The summed E-state index contributed by atoms with van der Waals surface area (Å²) in [6, 6.07) is 0. The van der Waals surface area contributed by atoms with Gasteiger partial charge >= 0.3 is 0 Å². The van der Waals surface area contributed by atoms with Gasteiger partial charge in [0.25, 0.3) is 0 Å². The first-order valence-corrected chi connectivity index (χ1v) is 6.96. The van der Waals surface area contributed by atoms with Crippen molar-refractivity contribution >= 4 is 17.5 Å². The number of alkyl halides is 1. The molecule has 100 valence electrons. The molecule has 0 aromatic heterocycles. The van der Waals surface area contributed by atoms with E-state index >= 15 is 0 Å². The normalized spacial score (nSPS) is 21.4. The molecule has 4 nitrogen and oxygen atoms in total. The van der Waals surface area contributed by atoms with Crippen molar-refractivity contribution in [2.75, 3.05) is 38.7 Å². The number of rotatable bonds is 7. The van der Waals surface area contributed by atoms with E-state index in [-0.39, 0.29) is 12.0 Å². The zero-order valence-electron chi connectivity index (χ0n) is 10.6. The van der Waals surface area contributed by atoms with Crippen molar-refractivity contribution in [2.24, 2.45) is 0 Å². The van der Waals surface area contributed by atoms with E-state index in [2.05, 4.69) is 17.1 Å². The minimum atomic E-state index is 0.104. The van der Waals surface area contributed by atoms with Gasteiger partial charge in [-0.2, -0.15) is 0 Å². The van der Waals surface area contributed by atoms with E-state index in [1.165, 1.54) is 0 Å². The van der Waals surface area contributed by atoms with Crippen LogP contribution in [0.4, 0.5) is 0 Å². The maximum Gasteiger partial charge on any atom is 0.220 e. The Morgan fingerprint density at radius 2 is 2.35 bits per heavy atom. The van der Waals surface area contributed by atoms with Gasteiger partial charge in [-0.15, -0.1) is 11.6 Å². The van der Waals surface area contributed by atoms with E-state index in [0.717, 1.165) is 39.1 Å². The first-order valence-electron chi connectivity index (χ1n) is 6.43. The molecule has 1 unspecified atom stereocenters. The molecular weight excluding hydrogens is 240 g/mol. The lowest BCUT2D eigenvalue weighted by molar-refractivity contribution is -0.122. The highest BCUT2D eigenvalue weighted by atomic mass is 35.5. The van der Waals surface area contributed by atoms with Crippen LogP contribution in [0.3, 0.4) is 0 Å². The van der Waals surface area contributed by atoms with Gasteiger partial charge < -0.3 is 10.1 Å². The third kappa shape index (κ3) is 6.24. The summed E-state index contributed by atoms with van der Waals surface area (Å²) in [5.74, 6) is 0.733. The lowest BCUT2D eigenvalue weighted by atomic mass is 10.2. The summed E-state index contributed by atoms with van der Waals surface area (Å²) < 4.78 is 5.61. The maximum atomic E-state index is 11.5. The monoisotopic (exact) mass is 262 g/mol. The molecule has 1 heterocycles. The topological polar surface area (TPSA) is 41.6 Å². The molecule has 0 aromatic rings. The Morgan fingerprint density at radius 3 is 3.06 bits per heavy atom. The van der Waals surface area contributed by atoms with Crippen LogP contribution < -0.4 is 5.32 Å². The van der Waals surface area contributed by atoms with Crippen LogP contribution in [0, 0.1) is 0 Å². The van der Waals surface area contributed by atoms with Gasteiger partial charge in [-0.25, -0.2) is 0 Å². The summed E-state index contributed by atoms with van der Waals surface area (Å²) in [7, 11) is 0. The predicted molar refractivity (Wildman–Crippen MR) is 69.4 cm³/mol. The van der Waals surface area contributed by atoms with E-state index in [9.17, 15) is 4.79 Å². The van der Waals surface area contributed by atoms with Gasteiger partial charge in [0.05, 0.1) is 12.7 Å². The Kier molecular flexibility index (Phi) is 7.56. The van der Waals surface area contributed by atoms with Crippen molar-refractivity contribution in [3.63, 3.8) is 0 Å². The average molecular weight is 263 g/mol. The number of amides is 1. The lowest BCUT2D eigenvalue weighted by Crippen LogP contribution is -2.47. The highest BCUT2D eigenvalue weighted by molar-refractivity contribution is 6.17. The minimum absolute atomic E-state index is 0.104. The van der Waals surface area contributed by atoms with Crippen LogP contribution in [0.1, 0.15) is 26.2 Å². The Hall–Kier alpha value is -0.320. The number of carbonyl (C=O) groups is 1. The fourth-order valence-electron chi connectivity index (χ4n) is 1.89. The third-order valence-corrected chi connectivity index (χ3v) is 3.25. The molecule has 1 rings (SSSR count). The second-order valence-electron chi connectivity index (χ2n) is 4.34. The quantitative estimate of drug-likeness (QED) is 0.554. The Labute approximate surface area is 109 Å². The molecule has 5 heteroatoms. The molecule has 1 atom stereocenters. The van der Waals surface area contributed by atoms with Crippen molar-refractivity contribution < 1.29 is 9.53 Å². The number of likely N-dealkylation sites (N-methyl/N-ethyl adjacent to an activating group) is 1. The predicted octanol–water partition coefficient (Wildman–Crippen LogP) is 1.23. The Bertz CT molecular complexity index is 227. The number of carbonyl (C=O) groups excluding carboxylic acids is 1. The van der Waals surface area contributed by atoms with Crippen LogP contribution in [0.15, 0.2) is 0 Å². The third-order valence-electron chi connectivity index (χ3n) is 2.98. The van der Waals surface area contributed by atoms with Gasteiger partial charge in [-0.3, -0.25) is 9.69 Å². The highest BCUT2D eigenvalue weighted by Crippen LogP contribution is 2.04. The van der Waals surface area contributed by atoms with Crippen molar-refractivity contribution in [2.45, 2.75) is 32.3 Å². The summed E-state index contributed by atoms with van der Waals surface area (Å²) in [5, 5.41) is 2.92. The van der Waals surface area contributed by atoms with Crippen LogP contribution in [-0.4, -0.2) is 55.6 Å². The molecule has 0 aliphatic carbocycles. The van der Waals surface area contributed by atoms with Gasteiger partial charge in [-0.05, 0) is 19.4 Å². The summed E-state index contributed by atoms with van der Waals surface area (Å²) in [6.45, 7) is 6.49. The number of unbranched alkanes of at least 4 members (excludes halogenated alkanes) is 1. The second-order valence-corrected chi connectivity index (χ2v) is 4.71. The van der Waals surface area contributed by atoms with E-state index in [0.29, 0.717) is 18.8 Å². The summed E-state index contributed by atoms with van der Waals surface area (Å²) in [6.07, 6.45) is 2.47. The fraction of sp³-hybridized carbons (Fsp3) is 0.917. The van der Waals surface area contributed by atoms with Crippen molar-refractivity contribution in [3.8, 4) is 0 Å². The summed E-state index contributed by atoms with van der Waals surface area (Å²) >= 11 is 5.56. The Morgan fingerprint density at radius 1 is 1.53 bits per heavy atom. The molecule has 1 aliphatic rings. The molecule has 1 amide bonds. The molecule has 1 fully saturated rings.